The molecule has 0 saturated carbocycles. The molecule has 0 radical (unpaired) electrons. The lowest BCUT2D eigenvalue weighted by molar-refractivity contribution is -0.130. The molecule has 0 aliphatic carbocycles. The molecular weight excluding hydrogens is 306 g/mol. The molecule has 24 heavy (non-hydrogen) atoms. The van der Waals surface area contributed by atoms with Crippen molar-refractivity contribution in [3.05, 3.63) is 71.3 Å². The summed E-state index contributed by atoms with van der Waals surface area (Å²) in [6, 6.07) is 15.2. The first-order valence-electron chi connectivity index (χ1n) is 7.26. The van der Waals surface area contributed by atoms with Gasteiger partial charge >= 0.3 is 0 Å². The van der Waals surface area contributed by atoms with Crippen LogP contribution in [0.2, 0.25) is 0 Å². The van der Waals surface area contributed by atoms with Crippen LogP contribution in [0.4, 0.5) is 0 Å². The van der Waals surface area contributed by atoms with Crippen LogP contribution >= 0.6 is 0 Å². The number of benzene rings is 2. The molecule has 6 heteroatoms. The van der Waals surface area contributed by atoms with Gasteiger partial charge in [0.1, 0.15) is 6.04 Å². The number of carbonyl (C=O) groups is 2. The molecular formula is C18H17N3O3. The minimum absolute atomic E-state index is 0.126. The number of carbonyl (C=O) groups excluding carboxylic acids is 2. The molecule has 2 aromatic rings. The second-order valence-electron chi connectivity index (χ2n) is 4.93. The van der Waals surface area contributed by atoms with Gasteiger partial charge in [-0.2, -0.15) is 0 Å². The minimum Gasteiger partial charge on any atom is -0.339 e. The number of amides is 2. The Morgan fingerprint density at radius 1 is 1.00 bits per heavy atom. The third-order valence-corrected chi connectivity index (χ3v) is 3.24. The monoisotopic (exact) mass is 323 g/mol. The molecule has 0 bridgehead atoms. The van der Waals surface area contributed by atoms with Gasteiger partial charge in [-0.15, -0.1) is 0 Å². The second kappa shape index (κ2) is 8.48. The summed E-state index contributed by atoms with van der Waals surface area (Å²) in [4.78, 5) is 23.4. The van der Waals surface area contributed by atoms with E-state index < -0.39 is 17.9 Å². The zero-order chi connectivity index (χ0) is 17.4. The van der Waals surface area contributed by atoms with Crippen LogP contribution in [0.1, 0.15) is 21.5 Å². The summed E-state index contributed by atoms with van der Waals surface area (Å²) >= 11 is 0. The number of hydrogen-bond donors (Lipinski definition) is 4. The lowest BCUT2D eigenvalue weighted by atomic mass is 10.1. The van der Waals surface area contributed by atoms with Gasteiger partial charge in [0.05, 0.1) is 0 Å². The van der Waals surface area contributed by atoms with E-state index in [4.69, 9.17) is 10.9 Å². The van der Waals surface area contributed by atoms with E-state index in [1.165, 1.54) is 5.48 Å². The predicted octanol–water partition coefficient (Wildman–Crippen LogP) is 0.649. The third-order valence-electron chi connectivity index (χ3n) is 3.24. The van der Waals surface area contributed by atoms with Crippen LogP contribution in [0.25, 0.3) is 0 Å². The Morgan fingerprint density at radius 3 is 2.12 bits per heavy atom. The number of nitrogens with two attached hydrogens (primary N) is 1. The molecule has 6 nitrogen and oxygen atoms in total. The molecule has 2 amide bonds. The molecule has 0 spiro atoms. The molecule has 2 aromatic carbocycles. The largest absolute Gasteiger partial charge is 0.339 e. The van der Waals surface area contributed by atoms with Gasteiger partial charge in [0.15, 0.2) is 0 Å². The van der Waals surface area contributed by atoms with E-state index in [1.807, 2.05) is 30.3 Å². The Hall–Kier alpha value is -3.14. The van der Waals surface area contributed by atoms with Gasteiger partial charge in [0.2, 0.25) is 0 Å². The normalized spacial score (nSPS) is 10.9. The van der Waals surface area contributed by atoms with E-state index >= 15 is 0 Å². The zero-order valence-corrected chi connectivity index (χ0v) is 12.8. The van der Waals surface area contributed by atoms with Crippen molar-refractivity contribution in [2.24, 2.45) is 5.73 Å². The Balaban J connectivity index is 2.05. The van der Waals surface area contributed by atoms with Crippen molar-refractivity contribution in [1.82, 2.24) is 10.8 Å². The Labute approximate surface area is 139 Å². The summed E-state index contributed by atoms with van der Waals surface area (Å²) in [5.74, 6) is 4.80. The van der Waals surface area contributed by atoms with E-state index in [-0.39, 0.29) is 6.54 Å². The van der Waals surface area contributed by atoms with E-state index in [1.54, 1.807) is 24.3 Å². The maximum absolute atomic E-state index is 12.1. The molecule has 0 heterocycles. The zero-order valence-electron chi connectivity index (χ0n) is 12.8. The molecule has 0 saturated heterocycles. The van der Waals surface area contributed by atoms with Crippen molar-refractivity contribution >= 4 is 11.8 Å². The quantitative estimate of drug-likeness (QED) is 0.377. The first kappa shape index (κ1) is 17.2. The van der Waals surface area contributed by atoms with E-state index in [0.29, 0.717) is 5.56 Å². The minimum atomic E-state index is -1.000. The summed E-state index contributed by atoms with van der Waals surface area (Å²) in [5.41, 5.74) is 8.88. The fourth-order valence-electron chi connectivity index (χ4n) is 1.92. The maximum atomic E-state index is 12.1. The van der Waals surface area contributed by atoms with E-state index in [2.05, 4.69) is 17.2 Å². The Bertz CT molecular complexity index is 762. The molecule has 0 unspecified atom stereocenters. The molecule has 0 fully saturated rings. The smallest absolute Gasteiger partial charge is 0.267 e. The number of rotatable bonds is 4. The van der Waals surface area contributed by atoms with Crippen LogP contribution in [0.5, 0.6) is 0 Å². The summed E-state index contributed by atoms with van der Waals surface area (Å²) < 4.78 is 0. The molecule has 5 N–H and O–H groups in total. The van der Waals surface area contributed by atoms with Crippen LogP contribution in [-0.4, -0.2) is 29.6 Å². The lowest BCUT2D eigenvalue weighted by Crippen LogP contribution is -2.50. The van der Waals surface area contributed by atoms with Crippen LogP contribution in [-0.2, 0) is 4.79 Å². The van der Waals surface area contributed by atoms with E-state index in [0.717, 1.165) is 11.1 Å². The van der Waals surface area contributed by atoms with Gasteiger partial charge in [-0.3, -0.25) is 14.8 Å². The fraction of sp³-hybridized carbons (Fsp3) is 0.111. The highest BCUT2D eigenvalue weighted by atomic mass is 16.5. The first-order chi connectivity index (χ1) is 11.6. The molecule has 0 aromatic heterocycles. The first-order valence-corrected chi connectivity index (χ1v) is 7.26. The summed E-state index contributed by atoms with van der Waals surface area (Å²) in [7, 11) is 0. The number of nitrogens with one attached hydrogen (secondary N) is 2. The van der Waals surface area contributed by atoms with Gasteiger partial charge in [-0.25, -0.2) is 5.48 Å². The van der Waals surface area contributed by atoms with Crippen molar-refractivity contribution in [2.45, 2.75) is 6.04 Å². The third kappa shape index (κ3) is 4.68. The highest BCUT2D eigenvalue weighted by Crippen LogP contribution is 2.05. The van der Waals surface area contributed by atoms with Crippen LogP contribution < -0.4 is 16.5 Å². The van der Waals surface area contributed by atoms with Crippen LogP contribution in [0.15, 0.2) is 54.6 Å². The van der Waals surface area contributed by atoms with E-state index in [9.17, 15) is 9.59 Å². The highest BCUT2D eigenvalue weighted by Gasteiger charge is 2.19. The average molecular weight is 323 g/mol. The summed E-state index contributed by atoms with van der Waals surface area (Å²) in [6.45, 7) is -0.126. The standard InChI is InChI=1S/C18H17N3O3/c19-12-16(18(23)21-24)20-17(22)15-10-8-14(9-11-15)7-6-13-4-2-1-3-5-13/h1-5,8-11,16,24H,12,19H2,(H,20,22)(H,21,23)/t16-/m0/s1. The number of hydroxylamine groups is 1. The summed E-state index contributed by atoms with van der Waals surface area (Å²) in [5, 5.41) is 11.0. The van der Waals surface area contributed by atoms with Gasteiger partial charge < -0.3 is 11.1 Å². The van der Waals surface area contributed by atoms with Crippen molar-refractivity contribution < 1.29 is 14.8 Å². The van der Waals surface area contributed by atoms with Crippen molar-refractivity contribution in [2.75, 3.05) is 6.54 Å². The van der Waals surface area contributed by atoms with Gasteiger partial charge in [0, 0.05) is 23.2 Å². The Morgan fingerprint density at radius 2 is 1.58 bits per heavy atom. The predicted molar refractivity (Wildman–Crippen MR) is 89.1 cm³/mol. The Kier molecular flexibility index (Phi) is 6.08. The second-order valence-corrected chi connectivity index (χ2v) is 4.93. The number of hydrogen-bond acceptors (Lipinski definition) is 4. The molecule has 0 aliphatic heterocycles. The SMILES string of the molecule is NC[C@H](NC(=O)c1ccc(C#Cc2ccccc2)cc1)C(=O)NO. The molecule has 2 rings (SSSR count). The van der Waals surface area contributed by atoms with Crippen LogP contribution in [0, 0.1) is 11.8 Å². The maximum Gasteiger partial charge on any atom is 0.267 e. The topological polar surface area (TPSA) is 104 Å². The van der Waals surface area contributed by atoms with Crippen molar-refractivity contribution in [3.63, 3.8) is 0 Å². The molecule has 122 valence electrons. The molecule has 0 aliphatic rings. The van der Waals surface area contributed by atoms with Crippen molar-refractivity contribution in [1.29, 1.82) is 0 Å². The average Bonchev–Trinajstić information content (AvgIpc) is 2.64. The highest BCUT2D eigenvalue weighted by molar-refractivity contribution is 5.97. The van der Waals surface area contributed by atoms with Gasteiger partial charge in [0.25, 0.3) is 11.8 Å². The van der Waals surface area contributed by atoms with Gasteiger partial charge in [-0.1, -0.05) is 30.0 Å². The van der Waals surface area contributed by atoms with Crippen molar-refractivity contribution in [3.8, 4) is 11.8 Å². The fourth-order valence-corrected chi connectivity index (χ4v) is 1.92. The lowest BCUT2D eigenvalue weighted by Gasteiger charge is -2.14. The van der Waals surface area contributed by atoms with Gasteiger partial charge in [-0.05, 0) is 36.4 Å². The molecule has 1 atom stereocenters. The van der Waals surface area contributed by atoms with Crippen LogP contribution in [0.3, 0.4) is 0 Å². The summed E-state index contributed by atoms with van der Waals surface area (Å²) in [6.07, 6.45) is 0.